The Balaban J connectivity index is 0.00000272. The third-order valence-corrected chi connectivity index (χ3v) is 5.22. The van der Waals surface area contributed by atoms with E-state index in [1.54, 1.807) is 36.2 Å². The summed E-state index contributed by atoms with van der Waals surface area (Å²) in [5, 5.41) is 34.2. The average Bonchev–Trinajstić information content (AvgIpc) is 3.28. The number of carbonyl (C=O) groups is 1. The Bertz CT molecular complexity index is 896. The normalized spacial score (nSPS) is 24.4. The molecule has 0 spiro atoms. The van der Waals surface area contributed by atoms with Gasteiger partial charge in [-0.25, -0.2) is 4.79 Å². The van der Waals surface area contributed by atoms with Crippen LogP contribution in [0.2, 0.25) is 0 Å². The van der Waals surface area contributed by atoms with E-state index in [1.807, 2.05) is 0 Å². The zero-order valence-corrected chi connectivity index (χ0v) is 17.7. The minimum Gasteiger partial charge on any atom is -0.486 e. The number of fused-ring (bicyclic) bond motifs is 1. The van der Waals surface area contributed by atoms with Gasteiger partial charge in [0.25, 0.3) is 0 Å². The molecule has 0 saturated heterocycles. The summed E-state index contributed by atoms with van der Waals surface area (Å²) < 4.78 is 17.6. The van der Waals surface area contributed by atoms with Crippen molar-refractivity contribution in [2.75, 3.05) is 25.6 Å². The number of carbonyl (C=O) groups excluding carboxylic acids is 1. The highest BCUT2D eigenvalue weighted by Gasteiger charge is 2.42. The van der Waals surface area contributed by atoms with Crippen molar-refractivity contribution in [3.8, 4) is 11.5 Å². The number of aromatic nitrogens is 3. The van der Waals surface area contributed by atoms with Crippen molar-refractivity contribution >= 4 is 24.1 Å². The van der Waals surface area contributed by atoms with E-state index < -0.39 is 24.3 Å². The second-order valence-electron chi connectivity index (χ2n) is 7.41. The Morgan fingerprint density at radius 2 is 2.03 bits per heavy atom. The summed E-state index contributed by atoms with van der Waals surface area (Å²) in [7, 11) is 1.57. The topological polar surface area (TPSA) is 140 Å². The maximum atomic E-state index is 12.4. The minimum absolute atomic E-state index is 0. The lowest BCUT2D eigenvalue weighted by Crippen LogP contribution is -2.44. The largest absolute Gasteiger partial charge is 0.486 e. The van der Waals surface area contributed by atoms with Gasteiger partial charge in [0.1, 0.15) is 25.0 Å². The van der Waals surface area contributed by atoms with Crippen LogP contribution in [0.1, 0.15) is 12.1 Å². The predicted molar refractivity (Wildman–Crippen MR) is 111 cm³/mol. The summed E-state index contributed by atoms with van der Waals surface area (Å²) >= 11 is 0. The molecule has 4 N–H and O–H groups in total. The molecule has 12 heteroatoms. The van der Waals surface area contributed by atoms with Crippen molar-refractivity contribution in [1.82, 2.24) is 20.3 Å². The number of hydrogen-bond donors (Lipinski definition) is 4. The molecule has 2 aliphatic rings. The van der Waals surface area contributed by atoms with Crippen LogP contribution in [0.5, 0.6) is 11.5 Å². The highest BCUT2D eigenvalue weighted by molar-refractivity contribution is 5.90. The first-order chi connectivity index (χ1) is 14.5. The number of nitrogens with zero attached hydrogens (tertiary/aromatic N) is 3. The molecule has 1 aromatic heterocycles. The highest BCUT2D eigenvalue weighted by atomic mass is 35.5. The Hall–Kier alpha value is -2.60. The van der Waals surface area contributed by atoms with Gasteiger partial charge in [0, 0.05) is 31.3 Å². The monoisotopic (exact) mass is 455 g/mol. The van der Waals surface area contributed by atoms with Gasteiger partial charge in [0.05, 0.1) is 24.9 Å². The van der Waals surface area contributed by atoms with Gasteiger partial charge in [-0.2, -0.15) is 0 Å². The maximum absolute atomic E-state index is 12.4. The Morgan fingerprint density at radius 3 is 2.81 bits per heavy atom. The average molecular weight is 456 g/mol. The second kappa shape index (κ2) is 10.1. The Kier molecular flexibility index (Phi) is 7.55. The number of rotatable bonds is 6. The molecular weight excluding hydrogens is 430 g/mol. The number of urea groups is 1. The molecule has 0 bridgehead atoms. The molecule has 4 rings (SSSR count). The van der Waals surface area contributed by atoms with Crippen LogP contribution in [-0.2, 0) is 17.9 Å². The van der Waals surface area contributed by atoms with E-state index in [4.69, 9.17) is 14.2 Å². The first-order valence-electron chi connectivity index (χ1n) is 9.74. The minimum atomic E-state index is -1.08. The molecule has 2 aromatic rings. The van der Waals surface area contributed by atoms with E-state index in [9.17, 15) is 15.0 Å². The molecule has 1 aliphatic carbocycles. The Morgan fingerprint density at radius 1 is 1.26 bits per heavy atom. The Labute approximate surface area is 185 Å². The van der Waals surface area contributed by atoms with E-state index in [2.05, 4.69) is 20.9 Å². The third kappa shape index (κ3) is 5.37. The van der Waals surface area contributed by atoms with Crippen LogP contribution < -0.4 is 20.1 Å². The van der Waals surface area contributed by atoms with Crippen LogP contribution in [0.25, 0.3) is 0 Å². The van der Waals surface area contributed by atoms with E-state index in [-0.39, 0.29) is 18.3 Å². The van der Waals surface area contributed by atoms with Gasteiger partial charge in [0.2, 0.25) is 0 Å². The number of ether oxygens (including phenoxy) is 3. The molecule has 2 heterocycles. The van der Waals surface area contributed by atoms with E-state index in [0.717, 1.165) is 0 Å². The molecule has 4 atom stereocenters. The molecule has 170 valence electrons. The molecule has 0 radical (unpaired) electrons. The number of anilines is 1. The molecule has 1 aromatic carbocycles. The summed E-state index contributed by atoms with van der Waals surface area (Å²) in [5.41, 5.74) is 1.22. The lowest BCUT2D eigenvalue weighted by molar-refractivity contribution is 0.00877. The van der Waals surface area contributed by atoms with Crippen molar-refractivity contribution in [2.24, 2.45) is 5.92 Å². The number of hydrogen-bond acceptors (Lipinski definition) is 8. The highest BCUT2D eigenvalue weighted by Crippen LogP contribution is 2.33. The fourth-order valence-corrected chi connectivity index (χ4v) is 3.79. The fraction of sp³-hybridized carbons (Fsp3) is 0.526. The summed E-state index contributed by atoms with van der Waals surface area (Å²) in [4.78, 5) is 12.4. The van der Waals surface area contributed by atoms with Crippen molar-refractivity contribution in [2.45, 2.75) is 37.8 Å². The van der Waals surface area contributed by atoms with Gasteiger partial charge in [-0.3, -0.25) is 4.68 Å². The number of halogens is 1. The molecule has 0 unspecified atom stereocenters. The number of benzene rings is 1. The van der Waals surface area contributed by atoms with Crippen LogP contribution in [0.15, 0.2) is 24.4 Å². The van der Waals surface area contributed by atoms with E-state index in [1.165, 1.54) is 0 Å². The van der Waals surface area contributed by atoms with E-state index >= 15 is 0 Å². The van der Waals surface area contributed by atoms with Crippen LogP contribution in [0, 0.1) is 5.92 Å². The molecule has 31 heavy (non-hydrogen) atoms. The fourth-order valence-electron chi connectivity index (χ4n) is 3.79. The van der Waals surface area contributed by atoms with Crippen LogP contribution in [-0.4, -0.2) is 69.8 Å². The van der Waals surface area contributed by atoms with Gasteiger partial charge in [-0.15, -0.1) is 17.5 Å². The summed E-state index contributed by atoms with van der Waals surface area (Å²) in [6.45, 7) is 1.66. The van der Waals surface area contributed by atoms with Gasteiger partial charge >= 0.3 is 6.03 Å². The number of amides is 2. The van der Waals surface area contributed by atoms with Gasteiger partial charge < -0.3 is 35.1 Å². The third-order valence-electron chi connectivity index (χ3n) is 5.22. The zero-order chi connectivity index (χ0) is 21.1. The standard InChI is InChI=1S/C19H25N5O6.ClH/c1-28-10-13-9-24(23-22-13)8-11-6-14(18(26)17(11)25)21-19(27)20-12-2-3-15-16(7-12)30-5-4-29-15;/h2-3,7,9,11,14,17-18,25-26H,4-6,8,10H2,1H3,(H2,20,21,27);1H/t11-,14-,17-,18+;/m1./s1. The zero-order valence-electron chi connectivity index (χ0n) is 16.9. The number of aliphatic hydroxyl groups excluding tert-OH is 2. The second-order valence-corrected chi connectivity index (χ2v) is 7.41. The lowest BCUT2D eigenvalue weighted by Gasteiger charge is -2.20. The van der Waals surface area contributed by atoms with Gasteiger partial charge in [0.15, 0.2) is 11.5 Å². The summed E-state index contributed by atoms with van der Waals surface area (Å²) in [5.74, 6) is 0.916. The van der Waals surface area contributed by atoms with Gasteiger partial charge in [-0.1, -0.05) is 5.21 Å². The molecule has 1 saturated carbocycles. The lowest BCUT2D eigenvalue weighted by atomic mass is 10.1. The molecule has 2 amide bonds. The van der Waals surface area contributed by atoms with Crippen LogP contribution in [0.3, 0.4) is 0 Å². The number of aliphatic hydroxyl groups is 2. The summed E-state index contributed by atoms with van der Waals surface area (Å²) in [6, 6.07) is 4.04. The number of methoxy groups -OCH3 is 1. The SMILES string of the molecule is COCc1cn(C[C@H]2C[C@@H](NC(=O)Nc3ccc4c(c3)OCCO4)[C@H](O)[C@@H]2O)nn1.Cl. The maximum Gasteiger partial charge on any atom is 0.319 e. The molecule has 1 fully saturated rings. The summed E-state index contributed by atoms with van der Waals surface area (Å²) in [6.07, 6.45) is 0.0662. The number of nitrogens with one attached hydrogen (secondary N) is 2. The first-order valence-corrected chi connectivity index (χ1v) is 9.74. The van der Waals surface area contributed by atoms with Crippen molar-refractivity contribution in [1.29, 1.82) is 0 Å². The smallest absolute Gasteiger partial charge is 0.319 e. The predicted octanol–water partition coefficient (Wildman–Crippen LogP) is 0.549. The van der Waals surface area contributed by atoms with Crippen molar-refractivity contribution in [3.05, 3.63) is 30.1 Å². The quantitative estimate of drug-likeness (QED) is 0.495. The molecular formula is C19H26ClN5O6. The van der Waals surface area contributed by atoms with Crippen LogP contribution >= 0.6 is 12.4 Å². The van der Waals surface area contributed by atoms with Crippen molar-refractivity contribution in [3.63, 3.8) is 0 Å². The van der Waals surface area contributed by atoms with Crippen LogP contribution in [0.4, 0.5) is 10.5 Å². The van der Waals surface area contributed by atoms with Crippen molar-refractivity contribution < 1.29 is 29.2 Å². The molecule has 1 aliphatic heterocycles. The molecule has 11 nitrogen and oxygen atoms in total. The van der Waals surface area contributed by atoms with E-state index in [0.29, 0.717) is 55.7 Å². The van der Waals surface area contributed by atoms with Gasteiger partial charge in [-0.05, 0) is 18.6 Å². The first kappa shape index (κ1) is 23.1.